The van der Waals surface area contributed by atoms with Crippen LogP contribution >= 0.6 is 0 Å². The number of carbonyl (C=O) groups is 1. The first-order chi connectivity index (χ1) is 13.7. The highest BCUT2D eigenvalue weighted by molar-refractivity contribution is 5.89. The van der Waals surface area contributed by atoms with Crippen LogP contribution in [0.5, 0.6) is 0 Å². The summed E-state index contributed by atoms with van der Waals surface area (Å²) in [5.41, 5.74) is 5.53. The van der Waals surface area contributed by atoms with Crippen molar-refractivity contribution >= 4 is 16.9 Å². The molecule has 0 aliphatic heterocycles. The number of hydrogen-bond donors (Lipinski definition) is 0. The molecule has 0 atom stereocenters. The second-order valence-corrected chi connectivity index (χ2v) is 6.80. The molecule has 0 amide bonds. The average Bonchev–Trinajstić information content (AvgIpc) is 2.73. The summed E-state index contributed by atoms with van der Waals surface area (Å²) in [6.45, 7) is 2.24. The maximum absolute atomic E-state index is 12.4. The molecule has 4 aromatic rings. The number of fused-ring (bicyclic) bond motifs is 1. The summed E-state index contributed by atoms with van der Waals surface area (Å²) in [5, 5.41) is 1.11. The van der Waals surface area contributed by atoms with Crippen molar-refractivity contribution in [1.82, 2.24) is 9.97 Å². The predicted octanol–water partition coefficient (Wildman–Crippen LogP) is 4.89. The monoisotopic (exact) mass is 368 g/mol. The molecule has 28 heavy (non-hydrogen) atoms. The number of benzene rings is 2. The number of carbonyl (C=O) groups excluding carboxylic acids is 1. The first-order valence-electron chi connectivity index (χ1n) is 9.19. The number of aromatic nitrogens is 2. The van der Waals surface area contributed by atoms with Gasteiger partial charge in [0.05, 0.1) is 11.1 Å². The lowest BCUT2D eigenvalue weighted by molar-refractivity contribution is 0.0472. The molecule has 0 spiro atoms. The minimum atomic E-state index is -0.364. The van der Waals surface area contributed by atoms with Gasteiger partial charge in [0.25, 0.3) is 0 Å². The highest BCUT2D eigenvalue weighted by Gasteiger charge is 2.10. The summed E-state index contributed by atoms with van der Waals surface area (Å²) < 4.78 is 5.40. The quantitative estimate of drug-likeness (QED) is 0.471. The van der Waals surface area contributed by atoms with Gasteiger partial charge in [0, 0.05) is 23.5 Å². The number of esters is 1. The van der Waals surface area contributed by atoms with Gasteiger partial charge < -0.3 is 4.74 Å². The molecule has 0 aliphatic rings. The Morgan fingerprint density at radius 1 is 0.893 bits per heavy atom. The molecule has 2 aromatic carbocycles. The summed E-state index contributed by atoms with van der Waals surface area (Å²) in [6.07, 6.45) is 4.02. The molecule has 0 aliphatic carbocycles. The van der Waals surface area contributed by atoms with Gasteiger partial charge in [-0.15, -0.1) is 0 Å². The Morgan fingerprint density at radius 3 is 2.61 bits per heavy atom. The normalized spacial score (nSPS) is 10.8. The highest BCUT2D eigenvalue weighted by Crippen LogP contribution is 2.18. The van der Waals surface area contributed by atoms with Crippen LogP contribution in [0.4, 0.5) is 0 Å². The molecule has 4 rings (SSSR count). The van der Waals surface area contributed by atoms with Gasteiger partial charge in [0.15, 0.2) is 0 Å². The van der Waals surface area contributed by atoms with Crippen molar-refractivity contribution in [3.8, 4) is 0 Å². The predicted molar refractivity (Wildman–Crippen MR) is 109 cm³/mol. The van der Waals surface area contributed by atoms with Gasteiger partial charge in [-0.05, 0) is 54.3 Å². The Labute approximate surface area is 163 Å². The topological polar surface area (TPSA) is 52.1 Å². The van der Waals surface area contributed by atoms with E-state index in [0.717, 1.165) is 33.3 Å². The zero-order chi connectivity index (χ0) is 19.3. The fourth-order valence-corrected chi connectivity index (χ4v) is 3.12. The van der Waals surface area contributed by atoms with Crippen LogP contribution in [0.2, 0.25) is 0 Å². The van der Waals surface area contributed by atoms with Crippen LogP contribution in [-0.2, 0) is 17.8 Å². The minimum absolute atomic E-state index is 0.251. The van der Waals surface area contributed by atoms with Gasteiger partial charge in [-0.25, -0.2) is 4.79 Å². The van der Waals surface area contributed by atoms with E-state index < -0.39 is 0 Å². The van der Waals surface area contributed by atoms with Crippen LogP contribution in [0.15, 0.2) is 79.1 Å². The lowest BCUT2D eigenvalue weighted by Gasteiger charge is -2.07. The van der Waals surface area contributed by atoms with Crippen LogP contribution in [0.1, 0.15) is 32.7 Å². The summed E-state index contributed by atoms with van der Waals surface area (Å²) in [5.74, 6) is -0.364. The van der Waals surface area contributed by atoms with E-state index in [4.69, 9.17) is 4.74 Å². The molecule has 2 aromatic heterocycles. The fourth-order valence-electron chi connectivity index (χ4n) is 3.12. The molecular weight excluding hydrogens is 348 g/mol. The molecule has 4 nitrogen and oxygen atoms in total. The number of hydrogen-bond acceptors (Lipinski definition) is 4. The first-order valence-corrected chi connectivity index (χ1v) is 9.19. The standard InChI is InChI=1S/C24H20N2O2/c1-17-7-9-21-12-19(8-10-23(21)26-17)11-20-13-22(15-25-14-20)24(27)28-16-18-5-3-2-4-6-18/h2-10,12-15H,11,16H2,1H3. The molecular formula is C24H20N2O2. The van der Waals surface area contributed by atoms with Crippen molar-refractivity contribution in [3.63, 3.8) is 0 Å². The third-order valence-electron chi connectivity index (χ3n) is 4.54. The number of pyridine rings is 2. The van der Waals surface area contributed by atoms with Gasteiger partial charge in [-0.1, -0.05) is 42.5 Å². The van der Waals surface area contributed by atoms with Crippen molar-refractivity contribution in [2.24, 2.45) is 0 Å². The van der Waals surface area contributed by atoms with E-state index in [2.05, 4.69) is 28.2 Å². The van der Waals surface area contributed by atoms with Crippen molar-refractivity contribution in [3.05, 3.63) is 107 Å². The van der Waals surface area contributed by atoms with Gasteiger partial charge in [0.2, 0.25) is 0 Å². The van der Waals surface area contributed by atoms with E-state index in [9.17, 15) is 4.79 Å². The SMILES string of the molecule is Cc1ccc2cc(Cc3cncc(C(=O)OCc4ccccc4)c3)ccc2n1. The Morgan fingerprint density at radius 2 is 1.75 bits per heavy atom. The average molecular weight is 368 g/mol. The number of aryl methyl sites for hydroxylation is 1. The molecule has 0 unspecified atom stereocenters. The Balaban J connectivity index is 1.47. The third kappa shape index (κ3) is 4.23. The maximum Gasteiger partial charge on any atom is 0.340 e. The van der Waals surface area contributed by atoms with Crippen molar-refractivity contribution < 1.29 is 9.53 Å². The zero-order valence-corrected chi connectivity index (χ0v) is 15.6. The molecule has 0 fully saturated rings. The van der Waals surface area contributed by atoms with Crippen LogP contribution in [-0.4, -0.2) is 15.9 Å². The summed E-state index contributed by atoms with van der Waals surface area (Å²) in [6, 6.07) is 21.8. The molecule has 2 heterocycles. The summed E-state index contributed by atoms with van der Waals surface area (Å²) >= 11 is 0. The summed E-state index contributed by atoms with van der Waals surface area (Å²) in [4.78, 5) is 21.1. The fraction of sp³-hybridized carbons (Fsp3) is 0.125. The largest absolute Gasteiger partial charge is 0.457 e. The van der Waals surface area contributed by atoms with E-state index >= 15 is 0 Å². The van der Waals surface area contributed by atoms with Gasteiger partial charge in [0.1, 0.15) is 6.61 Å². The Hall–Kier alpha value is -3.53. The molecule has 0 saturated heterocycles. The molecule has 0 saturated carbocycles. The van der Waals surface area contributed by atoms with E-state index in [-0.39, 0.29) is 12.6 Å². The van der Waals surface area contributed by atoms with Gasteiger partial charge >= 0.3 is 5.97 Å². The first kappa shape index (κ1) is 17.9. The summed E-state index contributed by atoms with van der Waals surface area (Å²) in [7, 11) is 0. The van der Waals surface area contributed by atoms with Crippen LogP contribution in [0.25, 0.3) is 10.9 Å². The highest BCUT2D eigenvalue weighted by atomic mass is 16.5. The van der Waals surface area contributed by atoms with E-state index in [0.29, 0.717) is 12.0 Å². The van der Waals surface area contributed by atoms with Gasteiger partial charge in [-0.3, -0.25) is 9.97 Å². The van der Waals surface area contributed by atoms with Crippen molar-refractivity contribution in [2.45, 2.75) is 20.0 Å². The van der Waals surface area contributed by atoms with E-state index in [1.54, 1.807) is 12.4 Å². The third-order valence-corrected chi connectivity index (χ3v) is 4.54. The molecule has 4 heteroatoms. The molecule has 138 valence electrons. The van der Waals surface area contributed by atoms with Crippen LogP contribution in [0.3, 0.4) is 0 Å². The second kappa shape index (κ2) is 8.01. The van der Waals surface area contributed by atoms with Crippen molar-refractivity contribution in [2.75, 3.05) is 0 Å². The van der Waals surface area contributed by atoms with Gasteiger partial charge in [-0.2, -0.15) is 0 Å². The smallest absolute Gasteiger partial charge is 0.340 e. The van der Waals surface area contributed by atoms with E-state index in [1.165, 1.54) is 0 Å². The van der Waals surface area contributed by atoms with Crippen molar-refractivity contribution in [1.29, 1.82) is 0 Å². The number of rotatable bonds is 5. The zero-order valence-electron chi connectivity index (χ0n) is 15.6. The van der Waals surface area contributed by atoms with Crippen LogP contribution < -0.4 is 0 Å². The minimum Gasteiger partial charge on any atom is -0.457 e. The molecule has 0 bridgehead atoms. The van der Waals surface area contributed by atoms with Crippen LogP contribution in [0, 0.1) is 6.92 Å². The Kier molecular flexibility index (Phi) is 5.11. The van der Waals surface area contributed by atoms with E-state index in [1.807, 2.05) is 55.5 Å². The maximum atomic E-state index is 12.4. The number of ether oxygens (including phenoxy) is 1. The molecule has 0 N–H and O–H groups in total. The lowest BCUT2D eigenvalue weighted by atomic mass is 10.0. The lowest BCUT2D eigenvalue weighted by Crippen LogP contribution is -2.06. The Bertz CT molecular complexity index is 1120. The molecule has 0 radical (unpaired) electrons. The number of nitrogens with zero attached hydrogens (tertiary/aromatic N) is 2. The second-order valence-electron chi connectivity index (χ2n) is 6.80.